The molecule has 0 unspecified atom stereocenters. The van der Waals surface area contributed by atoms with Crippen molar-refractivity contribution in [2.45, 2.75) is 0 Å². The number of hydrogen-bond donors (Lipinski definition) is 0. The van der Waals surface area contributed by atoms with Crippen molar-refractivity contribution in [2.75, 3.05) is 0 Å². The summed E-state index contributed by atoms with van der Waals surface area (Å²) in [6, 6.07) is 17.0. The van der Waals surface area contributed by atoms with Crippen molar-refractivity contribution in [3.63, 3.8) is 0 Å². The summed E-state index contributed by atoms with van der Waals surface area (Å²) in [7, 11) is 0. The first kappa shape index (κ1) is 10.3. The van der Waals surface area contributed by atoms with Crippen molar-refractivity contribution in [1.29, 1.82) is 0 Å². The van der Waals surface area contributed by atoms with Gasteiger partial charge >= 0.3 is 0 Å². The topological polar surface area (TPSA) is 0 Å². The van der Waals surface area contributed by atoms with Crippen LogP contribution in [0.4, 0.5) is 0 Å². The normalized spacial score (nSPS) is 11.3. The lowest BCUT2D eigenvalue weighted by Crippen LogP contribution is -1.76. The molecule has 0 atom stereocenters. The van der Waals surface area contributed by atoms with E-state index in [4.69, 9.17) is 0 Å². The Morgan fingerprint density at radius 2 is 1.71 bits per heavy atom. The first-order valence-electron chi connectivity index (χ1n) is 5.61. The van der Waals surface area contributed by atoms with Crippen LogP contribution in [0.3, 0.4) is 0 Å². The average Bonchev–Trinajstić information content (AvgIpc) is 2.89. The maximum atomic E-state index is 2.18. The predicted molar refractivity (Wildman–Crippen MR) is 77.2 cm³/mol. The van der Waals surface area contributed by atoms with Gasteiger partial charge in [0, 0.05) is 0 Å². The van der Waals surface area contributed by atoms with Crippen LogP contribution in [0, 0.1) is 0 Å². The van der Waals surface area contributed by atoms with Gasteiger partial charge in [0.2, 0.25) is 0 Å². The second-order valence-electron chi connectivity index (χ2n) is 3.96. The number of rotatable bonds is 2. The lowest BCUT2D eigenvalue weighted by atomic mass is 10.0. The van der Waals surface area contributed by atoms with E-state index in [1.807, 2.05) is 0 Å². The number of fused-ring (bicyclic) bond motifs is 1. The molecule has 3 aromatic rings. The summed E-state index contributed by atoms with van der Waals surface area (Å²) in [5, 5.41) is 6.85. The third-order valence-electron chi connectivity index (χ3n) is 2.82. The molecule has 1 heterocycles. The van der Waals surface area contributed by atoms with Gasteiger partial charge in [-0.3, -0.25) is 0 Å². The van der Waals surface area contributed by atoms with Crippen molar-refractivity contribution < 1.29 is 0 Å². The molecule has 0 saturated carbocycles. The van der Waals surface area contributed by atoms with Crippen molar-refractivity contribution >= 4 is 34.3 Å². The molecular formula is C16H12S. The molecule has 0 amide bonds. The fourth-order valence-electron chi connectivity index (χ4n) is 1.95. The Hall–Kier alpha value is -1.86. The summed E-state index contributed by atoms with van der Waals surface area (Å²) in [4.78, 5) is 0. The maximum Gasteiger partial charge on any atom is -0.00208 e. The van der Waals surface area contributed by atoms with E-state index in [2.05, 4.69) is 71.4 Å². The smallest absolute Gasteiger partial charge is 0.00208 e. The van der Waals surface area contributed by atoms with Gasteiger partial charge in [0.1, 0.15) is 0 Å². The standard InChI is InChI=1S/C16H12S/c1-2-7-16-14(4-1)5-3-6-15(16)9-8-13-10-11-17-12-13/h1-12H. The van der Waals surface area contributed by atoms with Crippen molar-refractivity contribution in [3.05, 3.63) is 70.4 Å². The zero-order valence-corrected chi connectivity index (χ0v) is 10.2. The summed E-state index contributed by atoms with van der Waals surface area (Å²) < 4.78 is 0. The zero-order valence-electron chi connectivity index (χ0n) is 9.34. The molecule has 0 N–H and O–H groups in total. The summed E-state index contributed by atoms with van der Waals surface area (Å²) in [6.07, 6.45) is 4.35. The van der Waals surface area contributed by atoms with Gasteiger partial charge in [-0.05, 0) is 38.7 Å². The molecule has 0 nitrogen and oxygen atoms in total. The molecule has 0 spiro atoms. The monoisotopic (exact) mass is 236 g/mol. The highest BCUT2D eigenvalue weighted by Crippen LogP contribution is 2.20. The number of hydrogen-bond acceptors (Lipinski definition) is 1. The molecule has 0 aliphatic rings. The minimum absolute atomic E-state index is 1.27. The van der Waals surface area contributed by atoms with Crippen LogP contribution in [0.1, 0.15) is 11.1 Å². The van der Waals surface area contributed by atoms with E-state index >= 15 is 0 Å². The SMILES string of the molecule is C(=Cc1cccc2ccccc12)c1ccsc1. The maximum absolute atomic E-state index is 2.18. The number of thiophene rings is 1. The molecule has 0 aliphatic carbocycles. The summed E-state index contributed by atoms with van der Waals surface area (Å²) in [5.74, 6) is 0. The van der Waals surface area contributed by atoms with E-state index in [0.717, 1.165) is 0 Å². The molecule has 82 valence electrons. The molecule has 1 heteroatoms. The lowest BCUT2D eigenvalue weighted by molar-refractivity contribution is 1.71. The Balaban J connectivity index is 2.06. The van der Waals surface area contributed by atoms with E-state index in [0.29, 0.717) is 0 Å². The van der Waals surface area contributed by atoms with Gasteiger partial charge in [0.25, 0.3) is 0 Å². The molecule has 3 rings (SSSR count). The Bertz CT molecular complexity index is 643. The Morgan fingerprint density at radius 3 is 2.59 bits per heavy atom. The van der Waals surface area contributed by atoms with Gasteiger partial charge in [0.05, 0.1) is 0 Å². The molecule has 0 saturated heterocycles. The van der Waals surface area contributed by atoms with Crippen molar-refractivity contribution in [2.24, 2.45) is 0 Å². The van der Waals surface area contributed by atoms with E-state index in [9.17, 15) is 0 Å². The van der Waals surface area contributed by atoms with Gasteiger partial charge in [-0.15, -0.1) is 0 Å². The summed E-state index contributed by atoms with van der Waals surface area (Å²) in [6.45, 7) is 0. The molecular weight excluding hydrogens is 224 g/mol. The highest BCUT2D eigenvalue weighted by atomic mass is 32.1. The second-order valence-corrected chi connectivity index (χ2v) is 4.74. The molecule has 17 heavy (non-hydrogen) atoms. The van der Waals surface area contributed by atoms with Crippen LogP contribution >= 0.6 is 11.3 Å². The molecule has 0 bridgehead atoms. The Labute approximate surface area is 105 Å². The molecule has 0 fully saturated rings. The van der Waals surface area contributed by atoms with Crippen LogP contribution in [0.25, 0.3) is 22.9 Å². The van der Waals surface area contributed by atoms with Crippen molar-refractivity contribution in [1.82, 2.24) is 0 Å². The first-order chi connectivity index (χ1) is 8.43. The fraction of sp³-hybridized carbons (Fsp3) is 0. The highest BCUT2D eigenvalue weighted by Gasteiger charge is 1.96. The Morgan fingerprint density at radius 1 is 0.824 bits per heavy atom. The lowest BCUT2D eigenvalue weighted by Gasteiger charge is -2.01. The second kappa shape index (κ2) is 4.56. The largest absolute Gasteiger partial charge is 0.152 e. The third kappa shape index (κ3) is 2.15. The highest BCUT2D eigenvalue weighted by molar-refractivity contribution is 7.08. The van der Waals surface area contributed by atoms with Gasteiger partial charge in [-0.25, -0.2) is 0 Å². The number of benzene rings is 2. The van der Waals surface area contributed by atoms with Crippen LogP contribution < -0.4 is 0 Å². The quantitative estimate of drug-likeness (QED) is 0.582. The van der Waals surface area contributed by atoms with Gasteiger partial charge in [-0.2, -0.15) is 11.3 Å². The van der Waals surface area contributed by atoms with Crippen molar-refractivity contribution in [3.8, 4) is 0 Å². The van der Waals surface area contributed by atoms with Gasteiger partial charge < -0.3 is 0 Å². The van der Waals surface area contributed by atoms with Crippen LogP contribution in [0.15, 0.2) is 59.3 Å². The molecule has 0 aliphatic heterocycles. The van der Waals surface area contributed by atoms with E-state index in [1.165, 1.54) is 21.9 Å². The zero-order chi connectivity index (χ0) is 11.5. The fourth-order valence-corrected chi connectivity index (χ4v) is 2.58. The van der Waals surface area contributed by atoms with Crippen LogP contribution in [-0.4, -0.2) is 0 Å². The molecule has 2 aromatic carbocycles. The van der Waals surface area contributed by atoms with E-state index < -0.39 is 0 Å². The summed E-state index contributed by atoms with van der Waals surface area (Å²) in [5.41, 5.74) is 2.54. The molecule has 0 radical (unpaired) electrons. The minimum atomic E-state index is 1.27. The van der Waals surface area contributed by atoms with Crippen LogP contribution in [0.2, 0.25) is 0 Å². The van der Waals surface area contributed by atoms with Crippen LogP contribution in [0.5, 0.6) is 0 Å². The molecule has 1 aromatic heterocycles. The third-order valence-corrected chi connectivity index (χ3v) is 3.52. The predicted octanol–water partition coefficient (Wildman–Crippen LogP) is 5.07. The van der Waals surface area contributed by atoms with E-state index in [1.54, 1.807) is 11.3 Å². The first-order valence-corrected chi connectivity index (χ1v) is 6.56. The minimum Gasteiger partial charge on any atom is -0.152 e. The van der Waals surface area contributed by atoms with Gasteiger partial charge in [0.15, 0.2) is 0 Å². The van der Waals surface area contributed by atoms with E-state index in [-0.39, 0.29) is 0 Å². The summed E-state index contributed by atoms with van der Waals surface area (Å²) >= 11 is 1.73. The van der Waals surface area contributed by atoms with Crippen LogP contribution in [-0.2, 0) is 0 Å². The average molecular weight is 236 g/mol. The van der Waals surface area contributed by atoms with Gasteiger partial charge in [-0.1, -0.05) is 54.6 Å². The Kier molecular flexibility index (Phi) is 2.76.